The molecule has 0 radical (unpaired) electrons. The van der Waals surface area contributed by atoms with Crippen molar-refractivity contribution in [3.63, 3.8) is 0 Å². The van der Waals surface area contributed by atoms with E-state index in [1.807, 2.05) is 20.8 Å². The lowest BCUT2D eigenvalue weighted by Crippen LogP contribution is -2.64. The van der Waals surface area contributed by atoms with E-state index in [4.69, 9.17) is 23.4 Å². The summed E-state index contributed by atoms with van der Waals surface area (Å²) < 4.78 is 43.8. The highest BCUT2D eigenvalue weighted by Gasteiger charge is 2.84. The van der Waals surface area contributed by atoms with Crippen molar-refractivity contribution >= 4 is 23.7 Å². The average molecular weight is 543 g/mol. The van der Waals surface area contributed by atoms with Gasteiger partial charge in [-0.25, -0.2) is 14.0 Å². The maximum Gasteiger partial charge on any atom is 0.375 e. The van der Waals surface area contributed by atoms with Crippen molar-refractivity contribution in [2.75, 3.05) is 7.11 Å². The molecule has 9 atom stereocenters. The summed E-state index contributed by atoms with van der Waals surface area (Å²) in [7, 11) is 1.24. The van der Waals surface area contributed by atoms with Crippen LogP contribution in [0.4, 0.5) is 4.39 Å². The molecule has 1 aromatic heterocycles. The van der Waals surface area contributed by atoms with Crippen LogP contribution in [0, 0.1) is 28.6 Å². The Morgan fingerprint density at radius 3 is 2.56 bits per heavy atom. The lowest BCUT2D eigenvalue weighted by Gasteiger charge is -2.56. The number of epoxide rings is 1. The molecular formula is C29H31FO9. The fraction of sp³-hybridized carbons (Fsp3) is 0.586. The number of allylic oxidation sites excluding steroid dienone is 2. The zero-order valence-electron chi connectivity index (χ0n) is 22.4. The third-order valence-corrected chi connectivity index (χ3v) is 10.2. The van der Waals surface area contributed by atoms with E-state index < -0.39 is 52.0 Å². The van der Waals surface area contributed by atoms with E-state index in [-0.39, 0.29) is 41.9 Å². The van der Waals surface area contributed by atoms with Gasteiger partial charge in [-0.3, -0.25) is 9.59 Å². The maximum atomic E-state index is 15.8. The topological polar surface area (TPSA) is 122 Å². The molecule has 0 amide bonds. The molecule has 2 heterocycles. The number of carbonyl (C=O) groups excluding carboxylic acids is 4. The van der Waals surface area contributed by atoms with Crippen LogP contribution < -0.4 is 4.74 Å². The first-order valence-corrected chi connectivity index (χ1v) is 13.2. The molecule has 1 spiro atoms. The van der Waals surface area contributed by atoms with Crippen LogP contribution in [0.3, 0.4) is 0 Å². The Labute approximate surface area is 224 Å². The Balaban J connectivity index is 1.39. The summed E-state index contributed by atoms with van der Waals surface area (Å²) in [6.07, 6.45) is 3.95. The number of hydrogen-bond donors (Lipinski definition) is 0. The third kappa shape index (κ3) is 3.15. The molecule has 0 aromatic carbocycles. The number of carbonyl (C=O) groups is 4. The van der Waals surface area contributed by atoms with Crippen LogP contribution in [0.2, 0.25) is 0 Å². The molecule has 4 aliphatic carbocycles. The number of ketones is 1. The minimum Gasteiger partial charge on any atom is -0.466 e. The van der Waals surface area contributed by atoms with Gasteiger partial charge in [0.2, 0.25) is 11.4 Å². The van der Waals surface area contributed by atoms with Crippen molar-refractivity contribution in [1.82, 2.24) is 0 Å². The number of methoxy groups -OCH3 is 1. The molecule has 1 saturated heterocycles. The van der Waals surface area contributed by atoms with Crippen molar-refractivity contribution in [3.8, 4) is 5.95 Å². The van der Waals surface area contributed by atoms with Gasteiger partial charge in [-0.1, -0.05) is 19.9 Å². The van der Waals surface area contributed by atoms with Crippen molar-refractivity contribution in [2.45, 2.75) is 70.4 Å². The highest BCUT2D eigenvalue weighted by molar-refractivity contribution is 6.01. The smallest absolute Gasteiger partial charge is 0.375 e. The third-order valence-electron chi connectivity index (χ3n) is 10.2. The first kappa shape index (κ1) is 26.0. The highest BCUT2D eigenvalue weighted by Crippen LogP contribution is 2.77. The molecule has 2 unspecified atom stereocenters. The van der Waals surface area contributed by atoms with E-state index in [0.29, 0.717) is 18.4 Å². The van der Waals surface area contributed by atoms with Crippen LogP contribution in [-0.2, 0) is 28.6 Å². The molecule has 6 rings (SSSR count). The molecule has 0 bridgehead atoms. The first-order chi connectivity index (χ1) is 18.3. The van der Waals surface area contributed by atoms with Crippen molar-refractivity contribution in [3.05, 3.63) is 41.7 Å². The molecule has 9 nitrogen and oxygen atoms in total. The van der Waals surface area contributed by atoms with E-state index in [1.54, 1.807) is 6.08 Å². The van der Waals surface area contributed by atoms with Crippen molar-refractivity contribution in [1.29, 1.82) is 0 Å². The van der Waals surface area contributed by atoms with Crippen LogP contribution >= 0.6 is 0 Å². The van der Waals surface area contributed by atoms with E-state index in [9.17, 15) is 19.2 Å². The van der Waals surface area contributed by atoms with Crippen LogP contribution in [-0.4, -0.2) is 54.3 Å². The SMILES string of the molecule is COC(=O)[C@@]1(OC(=O)c2ccc(OC(C)=O)o2)[C@H](C)CC2C3C[C@H](F)C4=CC(=O)C=C[C@]4(C)[C@@]34O[C@H]4C[C@@]21C. The lowest BCUT2D eigenvalue weighted by molar-refractivity contribution is -0.188. The van der Waals surface area contributed by atoms with Gasteiger partial charge in [-0.2, -0.15) is 0 Å². The molecule has 5 aliphatic rings. The van der Waals surface area contributed by atoms with Crippen molar-refractivity contribution in [2.24, 2.45) is 28.6 Å². The summed E-state index contributed by atoms with van der Waals surface area (Å²) in [4.78, 5) is 50.4. The number of ether oxygens (including phenoxy) is 4. The molecule has 39 heavy (non-hydrogen) atoms. The predicted octanol–water partition coefficient (Wildman–Crippen LogP) is 3.91. The maximum absolute atomic E-state index is 15.8. The van der Waals surface area contributed by atoms with Gasteiger partial charge >= 0.3 is 17.9 Å². The molecular weight excluding hydrogens is 511 g/mol. The van der Waals surface area contributed by atoms with Gasteiger partial charge in [0.15, 0.2) is 5.78 Å². The Kier molecular flexibility index (Phi) is 5.41. The lowest BCUT2D eigenvalue weighted by atomic mass is 9.46. The number of rotatable bonds is 4. The second kappa shape index (κ2) is 8.13. The monoisotopic (exact) mass is 542 g/mol. The standard InChI is InChI=1S/C29H31FO9/c1-14-10-17-18-12-20(30)19-11-16(32)8-9-26(19,3)29(18)22(38-29)13-27(17,4)28(14,25(34)35-5)39-24(33)21-6-7-23(37-21)36-15(2)31/h6-9,11,14,17-18,20,22H,10,12-13H2,1-5H3/t14-,17?,18?,20+,22+,26+,27+,28+,29-/m1/s1. The molecule has 1 aromatic rings. The minimum absolute atomic E-state index is 0.140. The van der Waals surface area contributed by atoms with Crippen LogP contribution in [0.15, 0.2) is 40.4 Å². The van der Waals surface area contributed by atoms with E-state index >= 15 is 4.39 Å². The van der Waals surface area contributed by atoms with Gasteiger partial charge in [0.25, 0.3) is 5.95 Å². The predicted molar refractivity (Wildman–Crippen MR) is 131 cm³/mol. The summed E-state index contributed by atoms with van der Waals surface area (Å²) in [5.41, 5.74) is -3.71. The Morgan fingerprint density at radius 1 is 1.13 bits per heavy atom. The van der Waals surface area contributed by atoms with Crippen LogP contribution in [0.5, 0.6) is 5.95 Å². The minimum atomic E-state index is -1.70. The molecule has 3 saturated carbocycles. The number of fused-ring (bicyclic) bond motifs is 3. The van der Waals surface area contributed by atoms with Crippen molar-refractivity contribution < 1.29 is 46.9 Å². The van der Waals surface area contributed by atoms with E-state index in [2.05, 4.69) is 0 Å². The Hall–Kier alpha value is -3.27. The summed E-state index contributed by atoms with van der Waals surface area (Å²) in [6, 6.07) is 2.62. The molecule has 4 fully saturated rings. The average Bonchev–Trinajstić information content (AvgIpc) is 3.33. The fourth-order valence-corrected chi connectivity index (χ4v) is 8.63. The summed E-state index contributed by atoms with van der Waals surface area (Å²) in [5.74, 6) is -3.86. The van der Waals surface area contributed by atoms with Crippen LogP contribution in [0.25, 0.3) is 0 Å². The first-order valence-electron chi connectivity index (χ1n) is 13.2. The quantitative estimate of drug-likeness (QED) is 0.412. The normalized spacial score (nSPS) is 43.3. The Bertz CT molecular complexity index is 1360. The summed E-state index contributed by atoms with van der Waals surface area (Å²) in [6.45, 7) is 6.85. The number of hydrogen-bond acceptors (Lipinski definition) is 9. The molecule has 0 N–H and O–H groups in total. The van der Waals surface area contributed by atoms with Crippen LogP contribution in [0.1, 0.15) is 57.5 Å². The number of furan rings is 1. The summed E-state index contributed by atoms with van der Waals surface area (Å²) >= 11 is 0. The Morgan fingerprint density at radius 2 is 1.87 bits per heavy atom. The number of alkyl halides is 1. The van der Waals surface area contributed by atoms with Gasteiger partial charge in [-0.05, 0) is 61.8 Å². The van der Waals surface area contributed by atoms with E-state index in [1.165, 1.54) is 38.3 Å². The van der Waals surface area contributed by atoms with Gasteiger partial charge in [-0.15, -0.1) is 0 Å². The molecule has 1 aliphatic heterocycles. The van der Waals surface area contributed by atoms with Gasteiger partial charge in [0, 0.05) is 29.7 Å². The zero-order valence-corrected chi connectivity index (χ0v) is 22.4. The largest absolute Gasteiger partial charge is 0.466 e. The highest BCUT2D eigenvalue weighted by atomic mass is 19.1. The molecule has 208 valence electrons. The second-order valence-electron chi connectivity index (χ2n) is 11.9. The van der Waals surface area contributed by atoms with E-state index in [0.717, 1.165) is 0 Å². The van der Waals surface area contributed by atoms with Gasteiger partial charge < -0.3 is 23.4 Å². The van der Waals surface area contributed by atoms with Gasteiger partial charge in [0.05, 0.1) is 13.2 Å². The summed E-state index contributed by atoms with van der Waals surface area (Å²) in [5, 5.41) is 0. The fourth-order valence-electron chi connectivity index (χ4n) is 8.63. The molecule has 10 heteroatoms. The van der Waals surface area contributed by atoms with Gasteiger partial charge in [0.1, 0.15) is 11.8 Å². The number of esters is 3. The zero-order chi connectivity index (χ0) is 28.1. The second-order valence-corrected chi connectivity index (χ2v) is 11.9. The number of halogens is 1.